The number of aliphatic hydroxyl groups is 1. The van der Waals surface area contributed by atoms with Crippen LogP contribution in [0.25, 0.3) is 22.4 Å². The van der Waals surface area contributed by atoms with Gasteiger partial charge in [0.15, 0.2) is 0 Å². The van der Waals surface area contributed by atoms with Gasteiger partial charge in [0, 0.05) is 35.8 Å². The van der Waals surface area contributed by atoms with E-state index in [1.807, 2.05) is 48.5 Å². The van der Waals surface area contributed by atoms with Gasteiger partial charge in [-0.15, -0.1) is 0 Å². The van der Waals surface area contributed by atoms with Crippen LogP contribution in [0.1, 0.15) is 22.3 Å². The standard InChI is InChI=1S/C24H21ClN2O3/c25-17-7-6-16-8-11-27-22(19(16)12-17)21(23(29)26-10-9-18(28)14-26)13-20(24(27)30)15-4-2-1-3-5-15/h1-7,12-13,18,28H,8-11,14H2. The molecular weight excluding hydrogens is 400 g/mol. The van der Waals surface area contributed by atoms with Crippen molar-refractivity contribution in [1.82, 2.24) is 9.47 Å². The lowest BCUT2D eigenvalue weighted by atomic mass is 9.92. The quantitative estimate of drug-likeness (QED) is 0.689. The third-order valence-electron chi connectivity index (χ3n) is 5.99. The number of carbonyl (C=O) groups is 1. The predicted molar refractivity (Wildman–Crippen MR) is 117 cm³/mol. The zero-order valence-corrected chi connectivity index (χ0v) is 17.1. The van der Waals surface area contributed by atoms with Crippen molar-refractivity contribution in [2.24, 2.45) is 0 Å². The fraction of sp³-hybridized carbons (Fsp3) is 0.250. The number of amides is 1. The molecule has 2 aliphatic rings. The van der Waals surface area contributed by atoms with E-state index in [9.17, 15) is 14.7 Å². The van der Waals surface area contributed by atoms with E-state index in [2.05, 4.69) is 0 Å². The summed E-state index contributed by atoms with van der Waals surface area (Å²) >= 11 is 6.27. The third kappa shape index (κ3) is 3.15. The Morgan fingerprint density at radius 1 is 1.03 bits per heavy atom. The maximum absolute atomic E-state index is 13.5. The summed E-state index contributed by atoms with van der Waals surface area (Å²) in [4.78, 5) is 28.6. The number of aryl methyl sites for hydroxylation is 1. The van der Waals surface area contributed by atoms with Crippen molar-refractivity contribution < 1.29 is 9.90 Å². The highest BCUT2D eigenvalue weighted by atomic mass is 35.5. The maximum atomic E-state index is 13.5. The third-order valence-corrected chi connectivity index (χ3v) is 6.22. The van der Waals surface area contributed by atoms with Gasteiger partial charge in [-0.05, 0) is 42.2 Å². The first kappa shape index (κ1) is 19.1. The molecule has 1 atom stereocenters. The lowest BCUT2D eigenvalue weighted by Gasteiger charge is -2.27. The van der Waals surface area contributed by atoms with E-state index in [4.69, 9.17) is 11.6 Å². The van der Waals surface area contributed by atoms with E-state index in [0.29, 0.717) is 54.3 Å². The molecule has 1 aromatic heterocycles. The predicted octanol–water partition coefficient (Wildman–Crippen LogP) is 3.60. The van der Waals surface area contributed by atoms with E-state index in [0.717, 1.165) is 16.7 Å². The van der Waals surface area contributed by atoms with Crippen molar-refractivity contribution in [3.05, 3.63) is 81.1 Å². The Bertz CT molecular complexity index is 1200. The summed E-state index contributed by atoms with van der Waals surface area (Å²) in [5.74, 6) is -0.166. The Balaban J connectivity index is 1.77. The highest BCUT2D eigenvalue weighted by Crippen LogP contribution is 2.35. The van der Waals surface area contributed by atoms with Gasteiger partial charge in [0.1, 0.15) is 0 Å². The van der Waals surface area contributed by atoms with Gasteiger partial charge < -0.3 is 14.6 Å². The summed E-state index contributed by atoms with van der Waals surface area (Å²) in [5, 5.41) is 10.5. The molecule has 3 aromatic rings. The van der Waals surface area contributed by atoms with Crippen molar-refractivity contribution in [3.8, 4) is 22.4 Å². The van der Waals surface area contributed by atoms with E-state index in [1.54, 1.807) is 15.5 Å². The van der Waals surface area contributed by atoms with Gasteiger partial charge in [-0.25, -0.2) is 0 Å². The van der Waals surface area contributed by atoms with Gasteiger partial charge in [-0.2, -0.15) is 0 Å². The fourth-order valence-corrected chi connectivity index (χ4v) is 4.65. The highest BCUT2D eigenvalue weighted by molar-refractivity contribution is 6.31. The number of rotatable bonds is 2. The van der Waals surface area contributed by atoms with Crippen molar-refractivity contribution in [1.29, 1.82) is 0 Å². The Labute approximate surface area is 179 Å². The number of β-amino-alcohol motifs (C(OH)–C–C–N with tert-alkyl or cyclic N) is 1. The van der Waals surface area contributed by atoms with E-state index >= 15 is 0 Å². The molecule has 2 aliphatic heterocycles. The number of aromatic nitrogens is 1. The Morgan fingerprint density at radius 2 is 1.83 bits per heavy atom. The molecule has 152 valence electrons. The van der Waals surface area contributed by atoms with Gasteiger partial charge in [0.2, 0.25) is 0 Å². The topological polar surface area (TPSA) is 62.5 Å². The van der Waals surface area contributed by atoms with Crippen LogP contribution in [0.15, 0.2) is 59.4 Å². The van der Waals surface area contributed by atoms with E-state index in [-0.39, 0.29) is 11.5 Å². The van der Waals surface area contributed by atoms with Gasteiger partial charge >= 0.3 is 0 Å². The van der Waals surface area contributed by atoms with Crippen LogP contribution >= 0.6 is 11.6 Å². The summed E-state index contributed by atoms with van der Waals surface area (Å²) in [6.45, 7) is 1.31. The number of carbonyl (C=O) groups excluding carboxylic acids is 1. The first-order valence-electron chi connectivity index (χ1n) is 10.1. The lowest BCUT2D eigenvalue weighted by Crippen LogP contribution is -2.34. The van der Waals surface area contributed by atoms with Crippen molar-refractivity contribution in [3.63, 3.8) is 0 Å². The summed E-state index contributed by atoms with van der Waals surface area (Å²) in [7, 11) is 0. The number of hydrogen-bond donors (Lipinski definition) is 1. The first-order chi connectivity index (χ1) is 14.5. The summed E-state index contributed by atoms with van der Waals surface area (Å²) in [5.41, 5.74) is 4.17. The molecule has 0 spiro atoms. The molecule has 5 nitrogen and oxygen atoms in total. The molecule has 0 saturated carbocycles. The van der Waals surface area contributed by atoms with Crippen LogP contribution in [-0.2, 0) is 13.0 Å². The van der Waals surface area contributed by atoms with Crippen LogP contribution in [0.3, 0.4) is 0 Å². The monoisotopic (exact) mass is 420 g/mol. The molecule has 1 amide bonds. The molecule has 0 radical (unpaired) electrons. The number of likely N-dealkylation sites (tertiary alicyclic amines) is 1. The van der Waals surface area contributed by atoms with Crippen LogP contribution in [0.2, 0.25) is 5.02 Å². The minimum absolute atomic E-state index is 0.111. The molecule has 30 heavy (non-hydrogen) atoms. The second-order valence-corrected chi connectivity index (χ2v) is 8.32. The number of nitrogens with zero attached hydrogens (tertiary/aromatic N) is 2. The molecule has 0 aliphatic carbocycles. The molecule has 1 unspecified atom stereocenters. The van der Waals surface area contributed by atoms with Crippen molar-refractivity contribution in [2.75, 3.05) is 13.1 Å². The van der Waals surface area contributed by atoms with Crippen LogP contribution in [0.5, 0.6) is 0 Å². The van der Waals surface area contributed by atoms with Gasteiger partial charge in [-0.3, -0.25) is 9.59 Å². The number of aliphatic hydroxyl groups excluding tert-OH is 1. The normalized spacial score (nSPS) is 17.5. The van der Waals surface area contributed by atoms with Crippen LogP contribution in [0.4, 0.5) is 0 Å². The van der Waals surface area contributed by atoms with Crippen LogP contribution in [-0.4, -0.2) is 39.7 Å². The second-order valence-electron chi connectivity index (χ2n) is 7.89. The molecule has 5 rings (SSSR count). The van der Waals surface area contributed by atoms with Crippen molar-refractivity contribution in [2.45, 2.75) is 25.5 Å². The Hall–Kier alpha value is -2.89. The zero-order chi connectivity index (χ0) is 20.8. The molecule has 3 heterocycles. The second kappa shape index (κ2) is 7.42. The smallest absolute Gasteiger partial charge is 0.258 e. The first-order valence-corrected chi connectivity index (χ1v) is 10.5. The summed E-state index contributed by atoms with van der Waals surface area (Å²) in [6.07, 6.45) is 0.758. The lowest BCUT2D eigenvalue weighted by molar-refractivity contribution is 0.0765. The average molecular weight is 421 g/mol. The SMILES string of the molecule is O=C(c1cc(-c2ccccc2)c(=O)n2c1-c1cc(Cl)ccc1CC2)N1CCC(O)C1. The number of halogens is 1. The largest absolute Gasteiger partial charge is 0.391 e. The number of fused-ring (bicyclic) bond motifs is 3. The number of hydrogen-bond acceptors (Lipinski definition) is 3. The molecule has 1 fully saturated rings. The molecule has 1 N–H and O–H groups in total. The Kier molecular flexibility index (Phi) is 4.72. The Morgan fingerprint density at radius 3 is 2.57 bits per heavy atom. The number of pyridine rings is 1. The molecular formula is C24H21ClN2O3. The summed E-state index contributed by atoms with van der Waals surface area (Å²) < 4.78 is 1.71. The van der Waals surface area contributed by atoms with Gasteiger partial charge in [0.05, 0.1) is 17.4 Å². The number of benzene rings is 2. The zero-order valence-electron chi connectivity index (χ0n) is 16.3. The van der Waals surface area contributed by atoms with Gasteiger partial charge in [-0.1, -0.05) is 48.0 Å². The van der Waals surface area contributed by atoms with Crippen LogP contribution < -0.4 is 5.56 Å². The minimum atomic E-state index is -0.508. The van der Waals surface area contributed by atoms with Crippen molar-refractivity contribution >= 4 is 17.5 Å². The molecule has 0 bridgehead atoms. The minimum Gasteiger partial charge on any atom is -0.391 e. The fourth-order valence-electron chi connectivity index (χ4n) is 4.47. The molecule has 6 heteroatoms. The van der Waals surface area contributed by atoms with Crippen LogP contribution in [0, 0.1) is 0 Å². The molecule has 2 aromatic carbocycles. The maximum Gasteiger partial charge on any atom is 0.258 e. The molecule has 1 saturated heterocycles. The average Bonchev–Trinajstić information content (AvgIpc) is 3.20. The van der Waals surface area contributed by atoms with Gasteiger partial charge in [0.25, 0.3) is 11.5 Å². The van der Waals surface area contributed by atoms with E-state index < -0.39 is 6.10 Å². The van der Waals surface area contributed by atoms with E-state index in [1.165, 1.54) is 0 Å². The highest BCUT2D eigenvalue weighted by Gasteiger charge is 2.31. The summed E-state index contributed by atoms with van der Waals surface area (Å²) in [6, 6.07) is 16.8.